The monoisotopic (exact) mass is 368 g/mol. The van der Waals surface area contributed by atoms with Crippen molar-refractivity contribution >= 4 is 23.2 Å². The fraction of sp³-hybridized carbons (Fsp3) is 0.158. The van der Waals surface area contributed by atoms with Crippen molar-refractivity contribution in [1.29, 1.82) is 0 Å². The molecule has 0 unspecified atom stereocenters. The molecule has 0 radical (unpaired) electrons. The predicted octanol–water partition coefficient (Wildman–Crippen LogP) is 4.00. The molecular formula is C19H17ClN4O2. The molecule has 1 N–H and O–H groups in total. The summed E-state index contributed by atoms with van der Waals surface area (Å²) in [4.78, 5) is 0. The molecule has 6 nitrogen and oxygen atoms in total. The summed E-state index contributed by atoms with van der Waals surface area (Å²) in [5.41, 5.74) is 2.98. The first-order valence-corrected chi connectivity index (χ1v) is 8.43. The summed E-state index contributed by atoms with van der Waals surface area (Å²) in [6, 6.07) is 13.5. The summed E-state index contributed by atoms with van der Waals surface area (Å²) >= 11 is 6.03. The second kappa shape index (κ2) is 6.72. The van der Waals surface area contributed by atoms with Crippen molar-refractivity contribution in [2.24, 2.45) is 0 Å². The lowest BCUT2D eigenvalue weighted by Gasteiger charge is -2.25. The number of fused-ring (bicyclic) bond motifs is 1. The van der Waals surface area contributed by atoms with Gasteiger partial charge < -0.3 is 14.8 Å². The summed E-state index contributed by atoms with van der Waals surface area (Å²) in [6.07, 6.45) is 3.84. The highest BCUT2D eigenvalue weighted by Gasteiger charge is 2.23. The second-order valence-corrected chi connectivity index (χ2v) is 6.27. The van der Waals surface area contributed by atoms with Crippen LogP contribution in [0.4, 0.5) is 5.95 Å². The normalized spacial score (nSPS) is 15.7. The molecule has 26 heavy (non-hydrogen) atoms. The van der Waals surface area contributed by atoms with Crippen LogP contribution in [0.3, 0.4) is 0 Å². The zero-order valence-electron chi connectivity index (χ0n) is 14.3. The van der Waals surface area contributed by atoms with E-state index in [9.17, 15) is 0 Å². The number of hydrogen-bond acceptors (Lipinski definition) is 5. The van der Waals surface area contributed by atoms with Crippen molar-refractivity contribution in [3.8, 4) is 11.5 Å². The van der Waals surface area contributed by atoms with Crippen LogP contribution in [0.25, 0.3) is 5.70 Å². The van der Waals surface area contributed by atoms with Crippen molar-refractivity contribution in [3.63, 3.8) is 0 Å². The van der Waals surface area contributed by atoms with Crippen molar-refractivity contribution in [3.05, 3.63) is 71.0 Å². The summed E-state index contributed by atoms with van der Waals surface area (Å²) in [6.45, 7) is 0. The summed E-state index contributed by atoms with van der Waals surface area (Å²) in [7, 11) is 3.24. The zero-order valence-corrected chi connectivity index (χ0v) is 15.1. The molecule has 1 aliphatic heterocycles. The number of halogens is 1. The Hall–Kier alpha value is -2.99. The third kappa shape index (κ3) is 2.88. The van der Waals surface area contributed by atoms with Gasteiger partial charge in [0.15, 0.2) is 11.5 Å². The lowest BCUT2D eigenvalue weighted by atomic mass is 10.0. The Morgan fingerprint density at radius 3 is 2.54 bits per heavy atom. The van der Waals surface area contributed by atoms with Gasteiger partial charge in [0, 0.05) is 16.3 Å². The van der Waals surface area contributed by atoms with Crippen LogP contribution in [-0.2, 0) is 0 Å². The molecule has 0 amide bonds. The third-order valence-corrected chi connectivity index (χ3v) is 4.60. The zero-order chi connectivity index (χ0) is 18.1. The number of hydrogen-bond donors (Lipinski definition) is 1. The van der Waals surface area contributed by atoms with Crippen molar-refractivity contribution in [2.45, 2.75) is 6.04 Å². The Morgan fingerprint density at radius 1 is 1.04 bits per heavy atom. The summed E-state index contributed by atoms with van der Waals surface area (Å²) in [5.74, 6) is 2.03. The van der Waals surface area contributed by atoms with E-state index in [4.69, 9.17) is 21.1 Å². The van der Waals surface area contributed by atoms with Crippen LogP contribution in [0.5, 0.6) is 11.5 Å². The number of rotatable bonds is 4. The van der Waals surface area contributed by atoms with Gasteiger partial charge in [-0.3, -0.25) is 4.57 Å². The van der Waals surface area contributed by atoms with Gasteiger partial charge in [-0.2, -0.15) is 0 Å². The van der Waals surface area contributed by atoms with Crippen LogP contribution in [0, 0.1) is 0 Å². The number of ether oxygens (including phenoxy) is 2. The molecule has 0 bridgehead atoms. The maximum Gasteiger partial charge on any atom is 0.229 e. The van der Waals surface area contributed by atoms with E-state index in [0.29, 0.717) is 22.5 Å². The molecule has 0 spiro atoms. The van der Waals surface area contributed by atoms with E-state index in [1.54, 1.807) is 20.5 Å². The maximum absolute atomic E-state index is 6.03. The number of nitrogens with one attached hydrogen (secondary N) is 1. The Labute approximate surface area is 156 Å². The minimum Gasteiger partial charge on any atom is -0.493 e. The smallest absolute Gasteiger partial charge is 0.229 e. The summed E-state index contributed by atoms with van der Waals surface area (Å²) < 4.78 is 12.7. The quantitative estimate of drug-likeness (QED) is 0.754. The Morgan fingerprint density at radius 2 is 1.81 bits per heavy atom. The van der Waals surface area contributed by atoms with Gasteiger partial charge in [-0.1, -0.05) is 23.7 Å². The lowest BCUT2D eigenvalue weighted by Crippen LogP contribution is -2.18. The van der Waals surface area contributed by atoms with Gasteiger partial charge in [0.2, 0.25) is 5.95 Å². The van der Waals surface area contributed by atoms with Gasteiger partial charge >= 0.3 is 0 Å². The average Bonchev–Trinajstić information content (AvgIpc) is 3.16. The van der Waals surface area contributed by atoms with E-state index in [1.807, 2.05) is 47.0 Å². The SMILES string of the molecule is COc1ccc(C2=C[C@@H](c3ccc(Cl)cc3)n3cnnc3N2)cc1OC. The van der Waals surface area contributed by atoms with Crippen LogP contribution >= 0.6 is 11.6 Å². The van der Waals surface area contributed by atoms with E-state index in [-0.39, 0.29) is 6.04 Å². The third-order valence-electron chi connectivity index (χ3n) is 4.35. The average molecular weight is 369 g/mol. The Kier molecular flexibility index (Phi) is 4.26. The van der Waals surface area contributed by atoms with Crippen LogP contribution in [0.2, 0.25) is 5.02 Å². The molecule has 0 fully saturated rings. The molecule has 1 aliphatic rings. The van der Waals surface area contributed by atoms with Crippen molar-refractivity contribution in [1.82, 2.24) is 14.8 Å². The van der Waals surface area contributed by atoms with Crippen LogP contribution in [0.15, 0.2) is 54.9 Å². The van der Waals surface area contributed by atoms with E-state index in [2.05, 4.69) is 21.6 Å². The first-order chi connectivity index (χ1) is 12.7. The van der Waals surface area contributed by atoms with Crippen LogP contribution in [-0.4, -0.2) is 29.0 Å². The van der Waals surface area contributed by atoms with Gasteiger partial charge in [0.25, 0.3) is 0 Å². The molecule has 1 aromatic heterocycles. The first kappa shape index (κ1) is 16.5. The number of aromatic nitrogens is 3. The minimum atomic E-state index is -0.0402. The van der Waals surface area contributed by atoms with Gasteiger partial charge in [-0.25, -0.2) is 0 Å². The van der Waals surface area contributed by atoms with Crippen LogP contribution < -0.4 is 14.8 Å². The fourth-order valence-electron chi connectivity index (χ4n) is 3.02. The number of anilines is 1. The fourth-order valence-corrected chi connectivity index (χ4v) is 3.15. The minimum absolute atomic E-state index is 0.0402. The number of nitrogens with zero attached hydrogens (tertiary/aromatic N) is 3. The number of allylic oxidation sites excluding steroid dienone is 1. The molecule has 0 aliphatic carbocycles. The molecule has 0 saturated heterocycles. The highest BCUT2D eigenvalue weighted by molar-refractivity contribution is 6.30. The van der Waals surface area contributed by atoms with Crippen LogP contribution in [0.1, 0.15) is 17.2 Å². The van der Waals surface area contributed by atoms with Gasteiger partial charge in [0.05, 0.1) is 20.3 Å². The molecule has 3 aromatic rings. The molecule has 132 valence electrons. The molecule has 0 saturated carbocycles. The molecular weight excluding hydrogens is 352 g/mol. The van der Waals surface area contributed by atoms with Crippen molar-refractivity contribution < 1.29 is 9.47 Å². The Balaban J connectivity index is 1.78. The van der Waals surface area contributed by atoms with E-state index in [1.165, 1.54) is 0 Å². The number of methoxy groups -OCH3 is 2. The lowest BCUT2D eigenvalue weighted by molar-refractivity contribution is 0.355. The highest BCUT2D eigenvalue weighted by atomic mass is 35.5. The number of benzene rings is 2. The predicted molar refractivity (Wildman–Crippen MR) is 101 cm³/mol. The van der Waals surface area contributed by atoms with E-state index < -0.39 is 0 Å². The highest BCUT2D eigenvalue weighted by Crippen LogP contribution is 2.35. The van der Waals surface area contributed by atoms with Crippen molar-refractivity contribution in [2.75, 3.05) is 19.5 Å². The second-order valence-electron chi connectivity index (χ2n) is 5.83. The van der Waals surface area contributed by atoms with Gasteiger partial charge in [-0.15, -0.1) is 10.2 Å². The molecule has 2 aromatic carbocycles. The summed E-state index contributed by atoms with van der Waals surface area (Å²) in [5, 5.41) is 12.2. The largest absolute Gasteiger partial charge is 0.493 e. The topological polar surface area (TPSA) is 61.2 Å². The molecule has 7 heteroatoms. The molecule has 1 atom stereocenters. The van der Waals surface area contributed by atoms with Gasteiger partial charge in [-0.05, 0) is 42.0 Å². The maximum atomic E-state index is 6.03. The standard InChI is InChI=1S/C19H17ClN4O2/c1-25-17-8-5-13(9-18(17)26-2)15-10-16(12-3-6-14(20)7-4-12)24-11-21-23-19(24)22-15/h3-11,16H,1-2H3,(H,22,23)/t16-/m0/s1. The van der Waals surface area contributed by atoms with E-state index in [0.717, 1.165) is 16.8 Å². The Bertz CT molecular complexity index is 966. The van der Waals surface area contributed by atoms with Gasteiger partial charge in [0.1, 0.15) is 6.33 Å². The molecule has 2 heterocycles. The van der Waals surface area contributed by atoms with E-state index >= 15 is 0 Å². The first-order valence-electron chi connectivity index (χ1n) is 8.06. The molecule has 4 rings (SSSR count).